The fraction of sp³-hybridized carbons (Fsp3) is 0.550. The summed E-state index contributed by atoms with van der Waals surface area (Å²) in [4.78, 5) is 33.1. The van der Waals surface area contributed by atoms with Gasteiger partial charge in [-0.2, -0.15) is 5.12 Å². The number of quaternary nitrogens is 1. The highest BCUT2D eigenvalue weighted by atomic mass is 16.5. The van der Waals surface area contributed by atoms with Crippen molar-refractivity contribution in [2.75, 3.05) is 38.7 Å². The molecule has 0 heterocycles. The number of nitrogens with one attached hydrogen (secondary N) is 1. The maximum atomic E-state index is 11.6. The van der Waals surface area contributed by atoms with Crippen molar-refractivity contribution in [2.24, 2.45) is 11.7 Å². The highest BCUT2D eigenvalue weighted by Gasteiger charge is 2.22. The van der Waals surface area contributed by atoms with Crippen LogP contribution < -0.4 is 27.8 Å². The van der Waals surface area contributed by atoms with Gasteiger partial charge in [-0.3, -0.25) is 4.79 Å². The van der Waals surface area contributed by atoms with E-state index in [2.05, 4.69) is 12.2 Å². The van der Waals surface area contributed by atoms with E-state index in [0.29, 0.717) is 33.9 Å². The quantitative estimate of drug-likeness (QED) is 0.0756. The van der Waals surface area contributed by atoms with Gasteiger partial charge >= 0.3 is 12.0 Å². The molecule has 0 saturated carbocycles. The molecular weight excluding hydrogens is 404 g/mol. The first-order valence-electron chi connectivity index (χ1n) is 9.99. The number of amides is 2. The van der Waals surface area contributed by atoms with Crippen molar-refractivity contribution >= 4 is 29.3 Å². The van der Waals surface area contributed by atoms with Gasteiger partial charge in [-0.15, -0.1) is 0 Å². The van der Waals surface area contributed by atoms with Gasteiger partial charge in [0.25, 0.3) is 0 Å². The number of unbranched alkanes of at least 4 members (excludes halogenated alkanes) is 2. The molecule has 0 aromatic heterocycles. The van der Waals surface area contributed by atoms with E-state index >= 15 is 0 Å². The number of carboxylic acids is 1. The SMILES string of the molecule is CCCCCC(=O)OC(CC(=O)[O-])C[N+](C)(C)C.Nc1ccc(NC(=O)N(N)N)cc1. The number of hydrogen-bond acceptors (Lipinski definition) is 8. The Balaban J connectivity index is 0.000000609. The molecular formula is C20H36N6O5. The molecule has 176 valence electrons. The maximum Gasteiger partial charge on any atom is 0.350 e. The van der Waals surface area contributed by atoms with Crippen molar-refractivity contribution in [2.45, 2.75) is 45.1 Å². The van der Waals surface area contributed by atoms with Crippen LogP contribution in [0.15, 0.2) is 24.3 Å². The molecule has 1 unspecified atom stereocenters. The Kier molecular flexibility index (Phi) is 12.9. The molecule has 0 radical (unpaired) electrons. The molecule has 0 fully saturated rings. The predicted octanol–water partition coefficient (Wildman–Crippen LogP) is 0.175. The number of nitrogen functional groups attached to an aromatic ring is 1. The first kappa shape index (κ1) is 28.1. The van der Waals surface area contributed by atoms with Gasteiger partial charge in [-0.05, 0) is 30.7 Å². The van der Waals surface area contributed by atoms with Gasteiger partial charge in [-0.1, -0.05) is 19.8 Å². The first-order chi connectivity index (χ1) is 14.3. The largest absolute Gasteiger partial charge is 0.550 e. The van der Waals surface area contributed by atoms with Crippen LogP contribution in [0.4, 0.5) is 16.2 Å². The molecule has 0 saturated heterocycles. The molecule has 1 atom stereocenters. The van der Waals surface area contributed by atoms with Crippen LogP contribution >= 0.6 is 0 Å². The average molecular weight is 441 g/mol. The highest BCUT2D eigenvalue weighted by Crippen LogP contribution is 2.10. The molecule has 0 spiro atoms. The third-order valence-corrected chi connectivity index (χ3v) is 3.82. The van der Waals surface area contributed by atoms with E-state index in [9.17, 15) is 19.5 Å². The summed E-state index contributed by atoms with van der Waals surface area (Å²) in [6.45, 7) is 2.52. The van der Waals surface area contributed by atoms with Crippen LogP contribution in [0.25, 0.3) is 0 Å². The van der Waals surface area contributed by atoms with Gasteiger partial charge in [0.05, 0.1) is 21.1 Å². The van der Waals surface area contributed by atoms with E-state index in [0.717, 1.165) is 19.3 Å². The minimum atomic E-state index is -1.19. The number of aliphatic carboxylic acids is 1. The minimum Gasteiger partial charge on any atom is -0.550 e. The third kappa shape index (κ3) is 15.6. The van der Waals surface area contributed by atoms with Crippen molar-refractivity contribution in [3.8, 4) is 0 Å². The van der Waals surface area contributed by atoms with Gasteiger partial charge in [0.15, 0.2) is 6.10 Å². The second-order valence-corrected chi connectivity index (χ2v) is 8.08. The number of esters is 1. The first-order valence-corrected chi connectivity index (χ1v) is 9.99. The number of nitrogens with two attached hydrogens (primary N) is 3. The second kappa shape index (κ2) is 14.2. The number of likely N-dealkylation sites (N-methyl/N-ethyl adjacent to an activating group) is 1. The number of carbonyl (C=O) groups excluding carboxylic acids is 3. The smallest absolute Gasteiger partial charge is 0.350 e. The standard InChI is InChI=1S/C13H25NO4.C7H11N5O/c1-5-6-7-8-13(17)18-11(9-12(15)16)10-14(2,3)4;8-5-1-3-6(4-2-5)11-7(13)12(9)10/h11H,5-10H2,1-4H3;1-4H,8-10H2,(H,11,13). The maximum absolute atomic E-state index is 11.6. The summed E-state index contributed by atoms with van der Waals surface area (Å²) in [5.74, 6) is 8.47. The molecule has 31 heavy (non-hydrogen) atoms. The summed E-state index contributed by atoms with van der Waals surface area (Å²) in [6.07, 6.45) is 2.31. The summed E-state index contributed by atoms with van der Waals surface area (Å²) < 4.78 is 5.75. The van der Waals surface area contributed by atoms with Crippen molar-refractivity contribution in [1.29, 1.82) is 0 Å². The van der Waals surface area contributed by atoms with E-state index in [1.54, 1.807) is 24.3 Å². The van der Waals surface area contributed by atoms with E-state index in [-0.39, 0.29) is 12.4 Å². The molecule has 0 bridgehead atoms. The zero-order chi connectivity index (χ0) is 24.0. The summed E-state index contributed by atoms with van der Waals surface area (Å²) in [5.41, 5.74) is 6.65. The number of carbonyl (C=O) groups is 3. The highest BCUT2D eigenvalue weighted by molar-refractivity contribution is 5.88. The Labute approximate surface area is 183 Å². The fourth-order valence-corrected chi connectivity index (χ4v) is 2.46. The monoisotopic (exact) mass is 440 g/mol. The number of benzene rings is 1. The van der Waals surface area contributed by atoms with Crippen LogP contribution in [0.2, 0.25) is 0 Å². The van der Waals surface area contributed by atoms with Crippen molar-refractivity contribution in [3.05, 3.63) is 24.3 Å². The normalized spacial score (nSPS) is 11.5. The van der Waals surface area contributed by atoms with Crippen LogP contribution in [0.1, 0.15) is 39.0 Å². The van der Waals surface area contributed by atoms with E-state index in [1.807, 2.05) is 21.1 Å². The lowest BCUT2D eigenvalue weighted by molar-refractivity contribution is -0.873. The van der Waals surface area contributed by atoms with Gasteiger partial charge < -0.3 is 30.2 Å². The molecule has 1 aromatic carbocycles. The molecule has 1 rings (SSSR count). The molecule has 1 aromatic rings. The zero-order valence-corrected chi connectivity index (χ0v) is 18.8. The summed E-state index contributed by atoms with van der Waals surface area (Å²) in [5, 5.41) is 13.5. The number of hydrogen-bond donors (Lipinski definition) is 4. The molecule has 11 nitrogen and oxygen atoms in total. The second-order valence-electron chi connectivity index (χ2n) is 8.08. The van der Waals surface area contributed by atoms with E-state index in [4.69, 9.17) is 22.2 Å². The number of urea groups is 1. The average Bonchev–Trinajstić information content (AvgIpc) is 2.62. The fourth-order valence-electron chi connectivity index (χ4n) is 2.46. The van der Waals surface area contributed by atoms with Gasteiger partial charge in [0.2, 0.25) is 0 Å². The number of hydrazine groups is 2. The van der Waals surface area contributed by atoms with Crippen LogP contribution in [0, 0.1) is 0 Å². The summed E-state index contributed by atoms with van der Waals surface area (Å²) in [7, 11) is 5.77. The van der Waals surface area contributed by atoms with Gasteiger partial charge in [-0.25, -0.2) is 16.5 Å². The topological polar surface area (TPSA) is 177 Å². The Bertz CT molecular complexity index is 688. The van der Waals surface area contributed by atoms with Gasteiger partial charge in [0, 0.05) is 30.2 Å². The molecule has 0 aliphatic rings. The van der Waals surface area contributed by atoms with Crippen LogP contribution in [0.5, 0.6) is 0 Å². The van der Waals surface area contributed by atoms with Crippen molar-refractivity contribution < 1.29 is 28.7 Å². The Morgan fingerprint density at radius 1 is 1.13 bits per heavy atom. The Morgan fingerprint density at radius 3 is 2.16 bits per heavy atom. The van der Waals surface area contributed by atoms with Crippen molar-refractivity contribution in [3.63, 3.8) is 0 Å². The summed E-state index contributed by atoms with van der Waals surface area (Å²) in [6, 6.07) is 6.03. The molecule has 7 N–H and O–H groups in total. The van der Waals surface area contributed by atoms with Crippen LogP contribution in [0.3, 0.4) is 0 Å². The van der Waals surface area contributed by atoms with Crippen LogP contribution in [-0.2, 0) is 14.3 Å². The lowest BCUT2D eigenvalue weighted by atomic mass is 10.2. The number of nitrogens with zero attached hydrogens (tertiary/aromatic N) is 2. The predicted molar refractivity (Wildman–Crippen MR) is 117 cm³/mol. The lowest BCUT2D eigenvalue weighted by Gasteiger charge is -2.29. The molecule has 2 amide bonds. The number of carboxylic acid groups (broad SMARTS) is 1. The Hall–Kier alpha value is -2.89. The Morgan fingerprint density at radius 2 is 1.71 bits per heavy atom. The third-order valence-electron chi connectivity index (χ3n) is 3.82. The summed E-state index contributed by atoms with van der Waals surface area (Å²) >= 11 is 0. The van der Waals surface area contributed by atoms with Crippen LogP contribution in [-0.4, -0.2) is 61.4 Å². The number of ether oxygens (including phenoxy) is 1. The molecule has 0 aliphatic carbocycles. The molecule has 0 aliphatic heterocycles. The minimum absolute atomic E-state index is 0.241. The van der Waals surface area contributed by atoms with Gasteiger partial charge in [0.1, 0.15) is 6.54 Å². The number of rotatable bonds is 10. The van der Waals surface area contributed by atoms with Crippen molar-refractivity contribution in [1.82, 2.24) is 5.12 Å². The zero-order valence-electron chi connectivity index (χ0n) is 18.8. The number of anilines is 2. The van der Waals surface area contributed by atoms with E-state index in [1.165, 1.54) is 0 Å². The lowest BCUT2D eigenvalue weighted by Crippen LogP contribution is -2.45. The molecule has 11 heteroatoms. The van der Waals surface area contributed by atoms with E-state index < -0.39 is 18.1 Å².